The molecule has 0 aliphatic carbocycles. The lowest BCUT2D eigenvalue weighted by Crippen LogP contribution is -2.29. The summed E-state index contributed by atoms with van der Waals surface area (Å²) in [5.41, 5.74) is 5.25. The molecule has 0 aliphatic rings. The lowest BCUT2D eigenvalue weighted by Gasteiger charge is -2.19. The molecule has 2 aromatic carbocycles. The van der Waals surface area contributed by atoms with Crippen molar-refractivity contribution in [3.05, 3.63) is 59.7 Å². The number of nitrogens with zero attached hydrogens (tertiary/aromatic N) is 4. The molecular weight excluding hydrogens is 466 g/mol. The van der Waals surface area contributed by atoms with Crippen LogP contribution in [0.3, 0.4) is 0 Å². The summed E-state index contributed by atoms with van der Waals surface area (Å²) in [6.07, 6.45) is 1.39. The van der Waals surface area contributed by atoms with E-state index in [0.717, 1.165) is 11.4 Å². The second kappa shape index (κ2) is 11.7. The Morgan fingerprint density at radius 3 is 2.51 bits per heavy atom. The molecule has 0 saturated heterocycles. The number of para-hydroxylation sites is 1. The van der Waals surface area contributed by atoms with Gasteiger partial charge < -0.3 is 19.2 Å². The first-order chi connectivity index (χ1) is 16.7. The number of rotatable bonds is 10. The third-order valence-corrected chi connectivity index (χ3v) is 6.00. The molecule has 1 heterocycles. The monoisotopic (exact) mass is 494 g/mol. The molecule has 0 atom stereocenters. The van der Waals surface area contributed by atoms with E-state index in [2.05, 4.69) is 53.6 Å². The van der Waals surface area contributed by atoms with Crippen LogP contribution >= 0.6 is 11.8 Å². The molecule has 0 unspecified atom stereocenters. The summed E-state index contributed by atoms with van der Waals surface area (Å²) in [7, 11) is 0. The first-order valence-electron chi connectivity index (χ1n) is 11.1. The lowest BCUT2D eigenvalue weighted by molar-refractivity contribution is -0.307. The van der Waals surface area contributed by atoms with E-state index in [1.807, 2.05) is 23.6 Å². The van der Waals surface area contributed by atoms with Crippen LogP contribution in [0.5, 0.6) is 5.75 Å². The number of ether oxygens (including phenoxy) is 1. The average molecular weight is 495 g/mol. The summed E-state index contributed by atoms with van der Waals surface area (Å²) in [5, 5.41) is 23.8. The highest BCUT2D eigenvalue weighted by Gasteiger charge is 2.17. The third kappa shape index (κ3) is 7.16. The largest absolute Gasteiger partial charge is 0.546 e. The molecule has 0 spiro atoms. The first kappa shape index (κ1) is 26.0. The molecule has 10 heteroatoms. The highest BCUT2D eigenvalue weighted by molar-refractivity contribution is 7.99. The highest BCUT2D eigenvalue weighted by Crippen LogP contribution is 2.27. The van der Waals surface area contributed by atoms with Crippen molar-refractivity contribution < 1.29 is 19.4 Å². The number of carbonyl (C=O) groups is 2. The Hall–Kier alpha value is -3.66. The number of aliphatic carboxylic acids is 1. The van der Waals surface area contributed by atoms with Gasteiger partial charge in [-0.1, -0.05) is 68.9 Å². The van der Waals surface area contributed by atoms with E-state index >= 15 is 0 Å². The van der Waals surface area contributed by atoms with E-state index in [0.29, 0.717) is 23.0 Å². The van der Waals surface area contributed by atoms with Crippen molar-refractivity contribution in [1.29, 1.82) is 0 Å². The van der Waals surface area contributed by atoms with Crippen LogP contribution in [0, 0.1) is 0 Å². The Labute approximate surface area is 208 Å². The van der Waals surface area contributed by atoms with Crippen LogP contribution in [0.4, 0.5) is 0 Å². The number of amides is 1. The number of carbonyl (C=O) groups excluding carboxylic acids is 2. The second-order valence-corrected chi connectivity index (χ2v) is 9.60. The number of hydrogen-bond donors (Lipinski definition) is 1. The predicted octanol–water partition coefficient (Wildman–Crippen LogP) is 2.63. The Balaban J connectivity index is 1.60. The van der Waals surface area contributed by atoms with Gasteiger partial charge in [-0.2, -0.15) is 5.10 Å². The van der Waals surface area contributed by atoms with Gasteiger partial charge in [-0.25, -0.2) is 5.43 Å². The molecule has 3 aromatic rings. The molecule has 0 bridgehead atoms. The van der Waals surface area contributed by atoms with Crippen molar-refractivity contribution in [1.82, 2.24) is 20.2 Å². The molecule has 0 saturated carbocycles. The molecule has 1 aromatic heterocycles. The summed E-state index contributed by atoms with van der Waals surface area (Å²) in [6, 6.07) is 15.0. The van der Waals surface area contributed by atoms with Gasteiger partial charge in [0.1, 0.15) is 12.4 Å². The van der Waals surface area contributed by atoms with Crippen molar-refractivity contribution >= 4 is 29.9 Å². The molecule has 184 valence electrons. The predicted molar refractivity (Wildman–Crippen MR) is 133 cm³/mol. The maximum atomic E-state index is 12.3. The van der Waals surface area contributed by atoms with Gasteiger partial charge in [0.05, 0.1) is 17.9 Å². The standard InChI is InChI=1S/C25H29N5O4S/c1-5-30-23(17-10-12-19(13-11-17)25(2,3)4)28-29-24(30)35-16-21(31)27-26-14-18-8-6-7-9-20(18)34-15-22(32)33/h6-14H,5,15-16H2,1-4H3,(H,27,31)(H,32,33)/p-1/b26-14+. The van der Waals surface area contributed by atoms with Gasteiger partial charge in [0, 0.05) is 17.7 Å². The van der Waals surface area contributed by atoms with E-state index in [1.165, 1.54) is 23.5 Å². The van der Waals surface area contributed by atoms with Crippen LogP contribution in [0.25, 0.3) is 11.4 Å². The van der Waals surface area contributed by atoms with Crippen LogP contribution in [-0.2, 0) is 21.5 Å². The number of benzene rings is 2. The van der Waals surface area contributed by atoms with Gasteiger partial charge >= 0.3 is 0 Å². The van der Waals surface area contributed by atoms with Crippen LogP contribution in [0.15, 0.2) is 58.8 Å². The number of nitrogens with one attached hydrogen (secondary N) is 1. The third-order valence-electron chi connectivity index (χ3n) is 5.03. The minimum absolute atomic E-state index is 0.0683. The van der Waals surface area contributed by atoms with Crippen LogP contribution in [0.2, 0.25) is 0 Å². The van der Waals surface area contributed by atoms with E-state index < -0.39 is 12.6 Å². The van der Waals surface area contributed by atoms with Gasteiger partial charge in [-0.05, 0) is 30.0 Å². The zero-order valence-electron chi connectivity index (χ0n) is 20.1. The lowest BCUT2D eigenvalue weighted by atomic mass is 9.87. The van der Waals surface area contributed by atoms with Gasteiger partial charge in [-0.3, -0.25) is 4.79 Å². The molecule has 0 aliphatic heterocycles. The van der Waals surface area contributed by atoms with Crippen molar-refractivity contribution in [2.24, 2.45) is 5.10 Å². The Morgan fingerprint density at radius 1 is 1.14 bits per heavy atom. The number of thioether (sulfide) groups is 1. The minimum atomic E-state index is -1.33. The average Bonchev–Trinajstić information content (AvgIpc) is 3.24. The fraction of sp³-hybridized carbons (Fsp3) is 0.320. The quantitative estimate of drug-likeness (QED) is 0.261. The van der Waals surface area contributed by atoms with E-state index in [9.17, 15) is 14.7 Å². The van der Waals surface area contributed by atoms with Crippen LogP contribution < -0.4 is 15.3 Å². The minimum Gasteiger partial charge on any atom is -0.546 e. The first-order valence-corrected chi connectivity index (χ1v) is 12.1. The molecule has 1 amide bonds. The molecule has 1 N–H and O–H groups in total. The fourth-order valence-corrected chi connectivity index (χ4v) is 4.00. The molecule has 0 radical (unpaired) electrons. The van der Waals surface area contributed by atoms with E-state index in [4.69, 9.17) is 4.74 Å². The summed E-state index contributed by atoms with van der Waals surface area (Å²) in [5.74, 6) is -0.472. The summed E-state index contributed by atoms with van der Waals surface area (Å²) in [6.45, 7) is 8.60. The summed E-state index contributed by atoms with van der Waals surface area (Å²) in [4.78, 5) is 22.9. The Morgan fingerprint density at radius 2 is 1.86 bits per heavy atom. The second-order valence-electron chi connectivity index (χ2n) is 8.66. The van der Waals surface area contributed by atoms with Crippen LogP contribution in [-0.4, -0.2) is 45.2 Å². The molecular formula is C25H28N5O4S-. The molecule has 3 rings (SSSR count). The van der Waals surface area contributed by atoms with Gasteiger partial charge in [0.25, 0.3) is 5.91 Å². The zero-order chi connectivity index (χ0) is 25.4. The topological polar surface area (TPSA) is 122 Å². The Kier molecular flexibility index (Phi) is 8.64. The number of hydrazone groups is 1. The smallest absolute Gasteiger partial charge is 0.250 e. The molecule has 0 fully saturated rings. The van der Waals surface area contributed by atoms with Crippen molar-refractivity contribution in [2.45, 2.75) is 44.8 Å². The van der Waals surface area contributed by atoms with Crippen molar-refractivity contribution in [2.75, 3.05) is 12.4 Å². The number of aromatic nitrogens is 3. The SMILES string of the molecule is CCn1c(SCC(=O)N/N=C/c2ccccc2OCC(=O)[O-])nnc1-c1ccc(C(C)(C)C)cc1. The number of hydrogen-bond acceptors (Lipinski definition) is 8. The highest BCUT2D eigenvalue weighted by atomic mass is 32.2. The summed E-state index contributed by atoms with van der Waals surface area (Å²) >= 11 is 1.27. The number of carboxylic acid groups (broad SMARTS) is 1. The normalized spacial score (nSPS) is 11.5. The summed E-state index contributed by atoms with van der Waals surface area (Å²) < 4.78 is 7.13. The maximum Gasteiger partial charge on any atom is 0.250 e. The van der Waals surface area contributed by atoms with Gasteiger partial charge in [0.15, 0.2) is 11.0 Å². The van der Waals surface area contributed by atoms with Crippen LogP contribution in [0.1, 0.15) is 38.8 Å². The van der Waals surface area contributed by atoms with Gasteiger partial charge in [0.2, 0.25) is 0 Å². The van der Waals surface area contributed by atoms with E-state index in [-0.39, 0.29) is 17.1 Å². The van der Waals surface area contributed by atoms with Gasteiger partial charge in [-0.15, -0.1) is 10.2 Å². The molecule has 35 heavy (non-hydrogen) atoms. The fourth-order valence-electron chi connectivity index (χ4n) is 3.20. The van der Waals surface area contributed by atoms with E-state index in [1.54, 1.807) is 24.3 Å². The van der Waals surface area contributed by atoms with Crippen molar-refractivity contribution in [3.8, 4) is 17.1 Å². The number of carboxylic acids is 1. The van der Waals surface area contributed by atoms with Crippen molar-refractivity contribution in [3.63, 3.8) is 0 Å². The Bertz CT molecular complexity index is 1200. The zero-order valence-corrected chi connectivity index (χ0v) is 21.0. The molecule has 9 nitrogen and oxygen atoms in total. The maximum absolute atomic E-state index is 12.3.